The summed E-state index contributed by atoms with van der Waals surface area (Å²) in [5.74, 6) is 1.62. The largest absolute Gasteiger partial charge is 0.356 e. The summed E-state index contributed by atoms with van der Waals surface area (Å²) in [4.78, 5) is 6.67. The van der Waals surface area contributed by atoms with Crippen molar-refractivity contribution in [2.75, 3.05) is 33.7 Å². The summed E-state index contributed by atoms with van der Waals surface area (Å²) in [6.07, 6.45) is 4.34. The number of nitrogens with one attached hydrogen (secondary N) is 2. The molecular weight excluding hydrogens is 379 g/mol. The highest BCUT2D eigenvalue weighted by Gasteiger charge is 2.16. The molecule has 0 aliphatic carbocycles. The quantitative estimate of drug-likeness (QED) is 0.446. The van der Waals surface area contributed by atoms with Gasteiger partial charge in [-0.3, -0.25) is 9.67 Å². The summed E-state index contributed by atoms with van der Waals surface area (Å²) < 4.78 is 1.87. The van der Waals surface area contributed by atoms with E-state index in [1.54, 1.807) is 0 Å². The van der Waals surface area contributed by atoms with E-state index in [4.69, 9.17) is 0 Å². The molecule has 6 nitrogen and oxygen atoms in total. The topological polar surface area (TPSA) is 57.5 Å². The molecule has 0 amide bonds. The lowest BCUT2D eigenvalue weighted by atomic mass is 9.97. The Hall–Kier alpha value is -0.830. The van der Waals surface area contributed by atoms with E-state index in [1.165, 1.54) is 25.9 Å². The van der Waals surface area contributed by atoms with Gasteiger partial charge in [-0.1, -0.05) is 0 Å². The van der Waals surface area contributed by atoms with Gasteiger partial charge in [0, 0.05) is 26.8 Å². The van der Waals surface area contributed by atoms with Crippen molar-refractivity contribution in [2.24, 2.45) is 18.0 Å². The monoisotopic (exact) mass is 406 g/mol. The zero-order valence-electron chi connectivity index (χ0n) is 13.2. The van der Waals surface area contributed by atoms with Crippen LogP contribution in [-0.4, -0.2) is 54.4 Å². The van der Waals surface area contributed by atoms with Gasteiger partial charge in [-0.2, -0.15) is 5.10 Å². The zero-order valence-corrected chi connectivity index (χ0v) is 15.5. The van der Waals surface area contributed by atoms with Crippen molar-refractivity contribution in [1.82, 2.24) is 25.3 Å². The third kappa shape index (κ3) is 5.82. The Kier molecular flexibility index (Phi) is 8.02. The standard InChI is InChI=1S/C14H26N6.HI/c1-15-14(17-11-13-4-7-18-20(13)3)16-10-12-5-8-19(2)9-6-12;/h4,7,12H,5-6,8-11H2,1-3H3,(H2,15,16,17);1H. The van der Waals surface area contributed by atoms with E-state index >= 15 is 0 Å². The SMILES string of the molecule is CN=C(NCc1ccnn1C)NCC1CCN(C)CC1.I. The first-order chi connectivity index (χ1) is 9.69. The van der Waals surface area contributed by atoms with E-state index in [-0.39, 0.29) is 24.0 Å². The van der Waals surface area contributed by atoms with Crippen molar-refractivity contribution in [3.8, 4) is 0 Å². The van der Waals surface area contributed by atoms with E-state index < -0.39 is 0 Å². The minimum atomic E-state index is 0. The van der Waals surface area contributed by atoms with Crippen molar-refractivity contribution >= 4 is 29.9 Å². The second-order valence-corrected chi connectivity index (χ2v) is 5.50. The van der Waals surface area contributed by atoms with Gasteiger partial charge in [0.1, 0.15) is 0 Å². The number of rotatable bonds is 4. The van der Waals surface area contributed by atoms with Gasteiger partial charge in [0.25, 0.3) is 0 Å². The fraction of sp³-hybridized carbons (Fsp3) is 0.714. The Morgan fingerprint density at radius 3 is 2.62 bits per heavy atom. The lowest BCUT2D eigenvalue weighted by Gasteiger charge is -2.29. The zero-order chi connectivity index (χ0) is 14.4. The van der Waals surface area contributed by atoms with Crippen molar-refractivity contribution in [2.45, 2.75) is 19.4 Å². The minimum Gasteiger partial charge on any atom is -0.356 e. The van der Waals surface area contributed by atoms with Crippen LogP contribution in [0.4, 0.5) is 0 Å². The second kappa shape index (κ2) is 9.24. The number of halogens is 1. The Morgan fingerprint density at radius 2 is 2.05 bits per heavy atom. The molecule has 0 atom stereocenters. The summed E-state index contributed by atoms with van der Waals surface area (Å²) in [6.45, 7) is 4.14. The smallest absolute Gasteiger partial charge is 0.191 e. The number of hydrogen-bond donors (Lipinski definition) is 2. The van der Waals surface area contributed by atoms with Gasteiger partial charge < -0.3 is 15.5 Å². The number of aromatic nitrogens is 2. The first-order valence-corrected chi connectivity index (χ1v) is 7.29. The molecule has 1 aromatic heterocycles. The number of hydrogen-bond acceptors (Lipinski definition) is 3. The lowest BCUT2D eigenvalue weighted by Crippen LogP contribution is -2.42. The van der Waals surface area contributed by atoms with Gasteiger partial charge in [-0.15, -0.1) is 24.0 Å². The van der Waals surface area contributed by atoms with Crippen LogP contribution in [0.3, 0.4) is 0 Å². The fourth-order valence-electron chi connectivity index (χ4n) is 2.48. The van der Waals surface area contributed by atoms with Gasteiger partial charge >= 0.3 is 0 Å². The van der Waals surface area contributed by atoms with E-state index in [9.17, 15) is 0 Å². The maximum Gasteiger partial charge on any atom is 0.191 e. The van der Waals surface area contributed by atoms with Crippen LogP contribution in [-0.2, 0) is 13.6 Å². The number of piperidine rings is 1. The Bertz CT molecular complexity index is 436. The van der Waals surface area contributed by atoms with Gasteiger partial charge in [-0.25, -0.2) is 0 Å². The Labute approximate surface area is 144 Å². The molecule has 0 radical (unpaired) electrons. The summed E-state index contributed by atoms with van der Waals surface area (Å²) in [6, 6.07) is 2.01. The molecule has 0 aromatic carbocycles. The lowest BCUT2D eigenvalue weighted by molar-refractivity contribution is 0.220. The molecule has 21 heavy (non-hydrogen) atoms. The minimum absolute atomic E-state index is 0. The predicted molar refractivity (Wildman–Crippen MR) is 97.0 cm³/mol. The van der Waals surface area contributed by atoms with Gasteiger partial charge in [0.2, 0.25) is 0 Å². The highest BCUT2D eigenvalue weighted by molar-refractivity contribution is 14.0. The first-order valence-electron chi connectivity index (χ1n) is 7.29. The molecule has 1 aromatic rings. The summed E-state index contributed by atoms with van der Waals surface area (Å²) in [5, 5.41) is 10.9. The van der Waals surface area contributed by atoms with Crippen LogP contribution in [0.15, 0.2) is 17.3 Å². The Morgan fingerprint density at radius 1 is 1.33 bits per heavy atom. The van der Waals surface area contributed by atoms with Crippen molar-refractivity contribution < 1.29 is 0 Å². The number of guanidine groups is 1. The molecule has 0 unspecified atom stereocenters. The maximum absolute atomic E-state index is 4.27. The molecule has 1 aliphatic rings. The summed E-state index contributed by atoms with van der Waals surface area (Å²) >= 11 is 0. The third-order valence-electron chi connectivity index (χ3n) is 3.98. The third-order valence-corrected chi connectivity index (χ3v) is 3.98. The molecule has 1 saturated heterocycles. The highest BCUT2D eigenvalue weighted by atomic mass is 127. The van der Waals surface area contributed by atoms with E-state index in [0.717, 1.165) is 30.7 Å². The first kappa shape index (κ1) is 18.2. The van der Waals surface area contributed by atoms with Crippen LogP contribution in [0.25, 0.3) is 0 Å². The molecule has 1 aliphatic heterocycles. The van der Waals surface area contributed by atoms with Gasteiger partial charge in [0.15, 0.2) is 5.96 Å². The molecule has 0 bridgehead atoms. The molecule has 2 rings (SSSR count). The van der Waals surface area contributed by atoms with Crippen LogP contribution in [0.5, 0.6) is 0 Å². The van der Waals surface area contributed by atoms with Crippen LogP contribution >= 0.6 is 24.0 Å². The number of likely N-dealkylation sites (tertiary alicyclic amines) is 1. The number of aliphatic imine (C=N–C) groups is 1. The molecule has 1 fully saturated rings. The Balaban J connectivity index is 0.00000220. The highest BCUT2D eigenvalue weighted by Crippen LogP contribution is 2.14. The van der Waals surface area contributed by atoms with Crippen LogP contribution in [0, 0.1) is 5.92 Å². The average molecular weight is 406 g/mol. The summed E-state index contributed by atoms with van der Waals surface area (Å²) in [5.41, 5.74) is 1.15. The molecular formula is C14H27IN6. The van der Waals surface area contributed by atoms with E-state index in [1.807, 2.05) is 31.0 Å². The van der Waals surface area contributed by atoms with Crippen LogP contribution in [0.2, 0.25) is 0 Å². The van der Waals surface area contributed by atoms with E-state index in [0.29, 0.717) is 0 Å². The molecule has 2 N–H and O–H groups in total. The van der Waals surface area contributed by atoms with Crippen molar-refractivity contribution in [1.29, 1.82) is 0 Å². The summed E-state index contributed by atoms with van der Waals surface area (Å²) in [7, 11) is 5.96. The van der Waals surface area contributed by atoms with Crippen molar-refractivity contribution in [3.63, 3.8) is 0 Å². The number of aryl methyl sites for hydroxylation is 1. The van der Waals surface area contributed by atoms with Gasteiger partial charge in [0.05, 0.1) is 12.2 Å². The second-order valence-electron chi connectivity index (χ2n) is 5.50. The number of nitrogens with zero attached hydrogens (tertiary/aromatic N) is 4. The normalized spacial score (nSPS) is 17.4. The molecule has 7 heteroatoms. The van der Waals surface area contributed by atoms with Crippen LogP contribution < -0.4 is 10.6 Å². The fourth-order valence-corrected chi connectivity index (χ4v) is 2.48. The molecule has 0 saturated carbocycles. The molecule has 2 heterocycles. The average Bonchev–Trinajstić information content (AvgIpc) is 2.86. The predicted octanol–water partition coefficient (Wildman–Crippen LogP) is 1.04. The maximum atomic E-state index is 4.27. The van der Waals surface area contributed by atoms with E-state index in [2.05, 4.69) is 32.7 Å². The molecule has 0 spiro atoms. The molecule has 120 valence electrons. The van der Waals surface area contributed by atoms with Crippen LogP contribution in [0.1, 0.15) is 18.5 Å². The van der Waals surface area contributed by atoms with Crippen molar-refractivity contribution in [3.05, 3.63) is 18.0 Å². The van der Waals surface area contributed by atoms with Gasteiger partial charge in [-0.05, 0) is 45.0 Å².